The van der Waals surface area contributed by atoms with Crippen molar-refractivity contribution < 1.29 is 4.79 Å². The van der Waals surface area contributed by atoms with Gasteiger partial charge in [-0.1, -0.05) is 10.6 Å². The molecular formula is C7H9N3OS. The van der Waals surface area contributed by atoms with Gasteiger partial charge in [0, 0.05) is 6.54 Å². The quantitative estimate of drug-likeness (QED) is 0.704. The van der Waals surface area contributed by atoms with Crippen LogP contribution in [0, 0.1) is 6.92 Å². The minimum atomic E-state index is -0.193. The summed E-state index contributed by atoms with van der Waals surface area (Å²) >= 11 is 1.22. The SMILES string of the molecule is C=CCNC(=O)c1nnsc1C. The second-order valence-electron chi connectivity index (χ2n) is 2.18. The van der Waals surface area contributed by atoms with Gasteiger partial charge < -0.3 is 5.32 Å². The van der Waals surface area contributed by atoms with E-state index in [9.17, 15) is 4.79 Å². The Bertz CT molecular complexity index is 295. The zero-order valence-electron chi connectivity index (χ0n) is 6.70. The number of aromatic nitrogens is 2. The molecule has 0 fully saturated rings. The largest absolute Gasteiger partial charge is 0.347 e. The lowest BCUT2D eigenvalue weighted by molar-refractivity contribution is 0.0952. The van der Waals surface area contributed by atoms with Crippen LogP contribution in [0.15, 0.2) is 12.7 Å². The summed E-state index contributed by atoms with van der Waals surface area (Å²) in [7, 11) is 0. The zero-order valence-corrected chi connectivity index (χ0v) is 7.52. The number of hydrogen-bond acceptors (Lipinski definition) is 4. The molecule has 0 saturated carbocycles. The van der Waals surface area contributed by atoms with E-state index in [0.29, 0.717) is 12.2 Å². The fourth-order valence-corrected chi connectivity index (χ4v) is 1.15. The predicted octanol–water partition coefficient (Wildman–Crippen LogP) is 0.762. The Labute approximate surface area is 74.5 Å². The van der Waals surface area contributed by atoms with Crippen molar-refractivity contribution >= 4 is 17.4 Å². The Morgan fingerprint density at radius 1 is 1.83 bits per heavy atom. The smallest absolute Gasteiger partial charge is 0.273 e. The molecule has 0 saturated heterocycles. The third-order valence-electron chi connectivity index (χ3n) is 1.27. The molecule has 12 heavy (non-hydrogen) atoms. The Morgan fingerprint density at radius 2 is 2.58 bits per heavy atom. The molecule has 1 amide bonds. The molecule has 64 valence electrons. The topological polar surface area (TPSA) is 54.9 Å². The van der Waals surface area contributed by atoms with Crippen molar-refractivity contribution in [3.05, 3.63) is 23.2 Å². The molecule has 5 heteroatoms. The lowest BCUT2D eigenvalue weighted by atomic mass is 10.3. The van der Waals surface area contributed by atoms with Crippen LogP contribution in [0.3, 0.4) is 0 Å². The van der Waals surface area contributed by atoms with Crippen LogP contribution in [-0.2, 0) is 0 Å². The number of hydrogen-bond donors (Lipinski definition) is 1. The molecule has 0 atom stereocenters. The van der Waals surface area contributed by atoms with Gasteiger partial charge in [-0.15, -0.1) is 11.7 Å². The van der Waals surface area contributed by atoms with Gasteiger partial charge in [-0.3, -0.25) is 4.79 Å². The van der Waals surface area contributed by atoms with Crippen LogP contribution >= 0.6 is 11.5 Å². The van der Waals surface area contributed by atoms with Crippen LogP contribution in [0.5, 0.6) is 0 Å². The summed E-state index contributed by atoms with van der Waals surface area (Å²) in [5.74, 6) is -0.193. The highest BCUT2D eigenvalue weighted by molar-refractivity contribution is 7.05. The van der Waals surface area contributed by atoms with Gasteiger partial charge in [-0.05, 0) is 18.5 Å². The number of carbonyl (C=O) groups excluding carboxylic acids is 1. The Kier molecular flexibility index (Phi) is 2.93. The highest BCUT2D eigenvalue weighted by atomic mass is 32.1. The van der Waals surface area contributed by atoms with E-state index in [1.54, 1.807) is 6.08 Å². The van der Waals surface area contributed by atoms with Gasteiger partial charge in [-0.25, -0.2) is 0 Å². The van der Waals surface area contributed by atoms with E-state index in [4.69, 9.17) is 0 Å². The summed E-state index contributed by atoms with van der Waals surface area (Å²) in [4.78, 5) is 12.1. The van der Waals surface area contributed by atoms with Crippen molar-refractivity contribution in [3.63, 3.8) is 0 Å². The first-order valence-corrected chi connectivity index (χ1v) is 4.21. The summed E-state index contributed by atoms with van der Waals surface area (Å²) in [6.45, 7) is 5.76. The van der Waals surface area contributed by atoms with Crippen LogP contribution < -0.4 is 5.32 Å². The fourth-order valence-electron chi connectivity index (χ4n) is 0.690. The first kappa shape index (κ1) is 8.86. The van der Waals surface area contributed by atoms with Crippen LogP contribution in [0.1, 0.15) is 15.4 Å². The van der Waals surface area contributed by atoms with Crippen molar-refractivity contribution in [1.82, 2.24) is 14.9 Å². The maximum Gasteiger partial charge on any atom is 0.273 e. The van der Waals surface area contributed by atoms with E-state index < -0.39 is 0 Å². The van der Waals surface area contributed by atoms with Gasteiger partial charge in [0.1, 0.15) is 0 Å². The highest BCUT2D eigenvalue weighted by Gasteiger charge is 2.11. The van der Waals surface area contributed by atoms with Crippen LogP contribution in [0.25, 0.3) is 0 Å². The summed E-state index contributed by atoms with van der Waals surface area (Å²) in [6, 6.07) is 0. The number of carbonyl (C=O) groups is 1. The molecule has 0 aliphatic rings. The van der Waals surface area contributed by atoms with Gasteiger partial charge in [0.15, 0.2) is 5.69 Å². The van der Waals surface area contributed by atoms with E-state index in [1.165, 1.54) is 11.5 Å². The van der Waals surface area contributed by atoms with E-state index in [1.807, 2.05) is 6.92 Å². The molecule has 1 aromatic rings. The molecule has 0 bridgehead atoms. The minimum Gasteiger partial charge on any atom is -0.347 e. The van der Waals surface area contributed by atoms with Crippen LogP contribution in [0.2, 0.25) is 0 Å². The molecule has 1 aromatic heterocycles. The number of nitrogens with zero attached hydrogens (tertiary/aromatic N) is 2. The molecule has 1 heterocycles. The van der Waals surface area contributed by atoms with E-state index >= 15 is 0 Å². The number of aryl methyl sites for hydroxylation is 1. The minimum absolute atomic E-state index is 0.193. The molecular weight excluding hydrogens is 174 g/mol. The van der Waals surface area contributed by atoms with E-state index in [-0.39, 0.29) is 5.91 Å². The lowest BCUT2D eigenvalue weighted by Gasteiger charge is -1.97. The molecule has 1 N–H and O–H groups in total. The maximum atomic E-state index is 11.2. The van der Waals surface area contributed by atoms with Crippen molar-refractivity contribution in [2.75, 3.05) is 6.54 Å². The first-order chi connectivity index (χ1) is 5.75. The van der Waals surface area contributed by atoms with Crippen molar-refractivity contribution in [3.8, 4) is 0 Å². The van der Waals surface area contributed by atoms with Crippen LogP contribution in [0.4, 0.5) is 0 Å². The van der Waals surface area contributed by atoms with Gasteiger partial charge in [0.05, 0.1) is 4.88 Å². The molecule has 0 spiro atoms. The number of nitrogens with one attached hydrogen (secondary N) is 1. The fraction of sp³-hybridized carbons (Fsp3) is 0.286. The second kappa shape index (κ2) is 3.96. The predicted molar refractivity (Wildman–Crippen MR) is 47.2 cm³/mol. The van der Waals surface area contributed by atoms with E-state index in [2.05, 4.69) is 21.5 Å². The molecule has 1 rings (SSSR count). The molecule has 0 aliphatic carbocycles. The molecule has 4 nitrogen and oxygen atoms in total. The summed E-state index contributed by atoms with van der Waals surface area (Å²) in [5.41, 5.74) is 0.404. The maximum absolute atomic E-state index is 11.2. The van der Waals surface area contributed by atoms with Crippen molar-refractivity contribution in [1.29, 1.82) is 0 Å². The first-order valence-electron chi connectivity index (χ1n) is 3.43. The van der Waals surface area contributed by atoms with Gasteiger partial charge >= 0.3 is 0 Å². The monoisotopic (exact) mass is 183 g/mol. The molecule has 0 unspecified atom stereocenters. The summed E-state index contributed by atoms with van der Waals surface area (Å²) in [6.07, 6.45) is 1.62. The van der Waals surface area contributed by atoms with Crippen LogP contribution in [-0.4, -0.2) is 22.0 Å². The third-order valence-corrected chi connectivity index (χ3v) is 1.90. The number of rotatable bonds is 3. The number of amides is 1. The molecule has 0 radical (unpaired) electrons. The lowest BCUT2D eigenvalue weighted by Crippen LogP contribution is -2.24. The molecule has 0 aromatic carbocycles. The van der Waals surface area contributed by atoms with E-state index in [0.717, 1.165) is 4.88 Å². The average molecular weight is 183 g/mol. The van der Waals surface area contributed by atoms with Gasteiger partial charge in [0.25, 0.3) is 5.91 Å². The summed E-state index contributed by atoms with van der Waals surface area (Å²) < 4.78 is 3.66. The summed E-state index contributed by atoms with van der Waals surface area (Å²) in [5, 5.41) is 6.31. The third kappa shape index (κ3) is 1.88. The Hall–Kier alpha value is -1.23. The standard InChI is InChI=1S/C7H9N3OS/c1-3-4-8-7(11)6-5(2)12-10-9-6/h3H,1,4H2,2H3,(H,8,11). The normalized spacial score (nSPS) is 9.42. The highest BCUT2D eigenvalue weighted by Crippen LogP contribution is 2.06. The zero-order chi connectivity index (χ0) is 8.97. The average Bonchev–Trinajstić information content (AvgIpc) is 2.47. The van der Waals surface area contributed by atoms with Crippen molar-refractivity contribution in [2.45, 2.75) is 6.92 Å². The Balaban J connectivity index is 2.65. The van der Waals surface area contributed by atoms with Gasteiger partial charge in [0.2, 0.25) is 0 Å². The van der Waals surface area contributed by atoms with Gasteiger partial charge in [-0.2, -0.15) is 0 Å². The molecule has 0 aliphatic heterocycles. The second-order valence-corrected chi connectivity index (χ2v) is 3.13. The van der Waals surface area contributed by atoms with Crippen molar-refractivity contribution in [2.24, 2.45) is 0 Å². The Morgan fingerprint density at radius 3 is 3.08 bits per heavy atom.